The predicted molar refractivity (Wildman–Crippen MR) is 118 cm³/mol. The first-order valence-electron chi connectivity index (χ1n) is 8.95. The van der Waals surface area contributed by atoms with Gasteiger partial charge in [0.25, 0.3) is 0 Å². The van der Waals surface area contributed by atoms with Gasteiger partial charge in [0.15, 0.2) is 0 Å². The van der Waals surface area contributed by atoms with Gasteiger partial charge in [-0.05, 0) is 26.3 Å². The normalized spacial score (nSPS) is 21.5. The molecule has 2 N–H and O–H groups in total. The molecule has 0 aliphatic carbocycles. The lowest BCUT2D eigenvalue weighted by Gasteiger charge is -2.33. The summed E-state index contributed by atoms with van der Waals surface area (Å²) < 4.78 is 10.5. The molecule has 0 spiro atoms. The summed E-state index contributed by atoms with van der Waals surface area (Å²) in [6.07, 6.45) is 0. The first-order chi connectivity index (χ1) is 11.7. The Balaban J connectivity index is -0.000000381. The third kappa shape index (κ3) is 14.7. The third-order valence-electron chi connectivity index (χ3n) is 3.84. The van der Waals surface area contributed by atoms with Crippen LogP contribution in [0.1, 0.15) is 48.6 Å². The quantitative estimate of drug-likeness (QED) is 0.809. The van der Waals surface area contributed by atoms with Gasteiger partial charge in [-0.3, -0.25) is 4.90 Å². The third-order valence-corrected chi connectivity index (χ3v) is 3.84. The number of nitrogens with one attached hydrogen (secondary N) is 1. The van der Waals surface area contributed by atoms with Crippen LogP contribution in [0.5, 0.6) is 0 Å². The molecule has 0 radical (unpaired) electrons. The molecule has 2 saturated heterocycles. The Kier molecular flexibility index (Phi) is 22.5. The lowest BCUT2D eigenvalue weighted by molar-refractivity contribution is -0.00436. The van der Waals surface area contributed by atoms with Gasteiger partial charge in [0, 0.05) is 38.3 Å². The molecule has 2 heterocycles. The van der Waals surface area contributed by atoms with Crippen molar-refractivity contribution in [3.8, 4) is 0 Å². The molecular formula is C22H46N2O3. The Labute approximate surface area is 169 Å². The number of benzene rings is 1. The van der Waals surface area contributed by atoms with E-state index in [1.165, 1.54) is 5.56 Å². The fourth-order valence-corrected chi connectivity index (χ4v) is 2.51. The van der Waals surface area contributed by atoms with Crippen LogP contribution in [0.2, 0.25) is 0 Å². The van der Waals surface area contributed by atoms with Crippen LogP contribution >= 0.6 is 0 Å². The fraction of sp³-hybridized carbons (Fsp3) is 0.727. The first-order valence-corrected chi connectivity index (χ1v) is 8.95. The van der Waals surface area contributed by atoms with Crippen LogP contribution in [0.3, 0.4) is 0 Å². The van der Waals surface area contributed by atoms with E-state index in [4.69, 9.17) is 14.6 Å². The van der Waals surface area contributed by atoms with Crippen molar-refractivity contribution in [3.05, 3.63) is 35.9 Å². The second kappa shape index (κ2) is 19.8. The van der Waals surface area contributed by atoms with Gasteiger partial charge in [0.1, 0.15) is 0 Å². The summed E-state index contributed by atoms with van der Waals surface area (Å²) in [7, 11) is 0. The number of morpholine rings is 2. The van der Waals surface area contributed by atoms with E-state index in [9.17, 15) is 0 Å². The van der Waals surface area contributed by atoms with Crippen LogP contribution in [0.25, 0.3) is 0 Å². The molecule has 2 atom stereocenters. The second-order valence-corrected chi connectivity index (χ2v) is 6.13. The molecule has 27 heavy (non-hydrogen) atoms. The van der Waals surface area contributed by atoms with Gasteiger partial charge in [0.2, 0.25) is 0 Å². The van der Waals surface area contributed by atoms with Crippen molar-refractivity contribution in [2.24, 2.45) is 0 Å². The van der Waals surface area contributed by atoms with E-state index in [1.54, 1.807) is 6.92 Å². The van der Waals surface area contributed by atoms with Crippen LogP contribution in [0, 0.1) is 0 Å². The van der Waals surface area contributed by atoms with E-state index < -0.39 is 0 Å². The standard InChI is InChI=1S/C12H17NO.C5H11NO.C2H6O.3CH4/c1-11-10-14-8-7-13(11)9-12-5-3-2-4-6-12;1-5-4-7-3-2-6-5;1-2-3;;;/h2-6,11H,7-10H2,1H3;5-6H,2-4H2,1H3;3H,2H2,1H3;3*1H4/t11-;5-;;;;/m00..../s1. The van der Waals surface area contributed by atoms with Crippen LogP contribution in [-0.2, 0) is 16.0 Å². The monoisotopic (exact) mass is 386 g/mol. The number of hydrogen-bond donors (Lipinski definition) is 2. The Morgan fingerprint density at radius 3 is 2.07 bits per heavy atom. The smallest absolute Gasteiger partial charge is 0.0619 e. The highest BCUT2D eigenvalue weighted by Crippen LogP contribution is 2.11. The predicted octanol–water partition coefficient (Wildman–Crippen LogP) is 3.81. The van der Waals surface area contributed by atoms with Gasteiger partial charge < -0.3 is 19.9 Å². The molecule has 3 rings (SSSR count). The zero-order valence-electron chi connectivity index (χ0n) is 15.4. The number of ether oxygens (including phenoxy) is 2. The number of aliphatic hydroxyl groups is 1. The molecule has 162 valence electrons. The van der Waals surface area contributed by atoms with Crippen molar-refractivity contribution >= 4 is 0 Å². The molecule has 1 aromatic carbocycles. The SMILES string of the molecule is C.C.C.CCO.C[C@H]1COCCN1.C[C@H]1COCCN1Cc1ccccc1. The van der Waals surface area contributed by atoms with E-state index in [0.29, 0.717) is 12.1 Å². The highest BCUT2D eigenvalue weighted by atomic mass is 16.5. The maximum absolute atomic E-state index is 7.57. The van der Waals surface area contributed by atoms with Gasteiger partial charge in [-0.2, -0.15) is 0 Å². The minimum absolute atomic E-state index is 0. The molecule has 5 nitrogen and oxygen atoms in total. The molecule has 2 aliphatic heterocycles. The lowest BCUT2D eigenvalue weighted by atomic mass is 10.2. The summed E-state index contributed by atoms with van der Waals surface area (Å²) in [5.41, 5.74) is 1.39. The minimum Gasteiger partial charge on any atom is -0.397 e. The molecule has 2 fully saturated rings. The van der Waals surface area contributed by atoms with Crippen molar-refractivity contribution in [1.82, 2.24) is 10.2 Å². The topological polar surface area (TPSA) is 54.0 Å². The van der Waals surface area contributed by atoms with E-state index in [2.05, 4.69) is 54.4 Å². The molecule has 1 aromatic rings. The van der Waals surface area contributed by atoms with Gasteiger partial charge in [0.05, 0.1) is 26.4 Å². The van der Waals surface area contributed by atoms with Crippen LogP contribution in [-0.4, -0.2) is 68.2 Å². The average molecular weight is 387 g/mol. The number of aliphatic hydroxyl groups excluding tert-OH is 1. The summed E-state index contributed by atoms with van der Waals surface area (Å²) >= 11 is 0. The Morgan fingerprint density at radius 2 is 1.63 bits per heavy atom. The van der Waals surface area contributed by atoms with Gasteiger partial charge in [-0.15, -0.1) is 0 Å². The van der Waals surface area contributed by atoms with Crippen molar-refractivity contribution in [2.75, 3.05) is 46.1 Å². The van der Waals surface area contributed by atoms with E-state index >= 15 is 0 Å². The van der Waals surface area contributed by atoms with Crippen LogP contribution < -0.4 is 5.32 Å². The summed E-state index contributed by atoms with van der Waals surface area (Å²) in [5, 5.41) is 10.8. The summed E-state index contributed by atoms with van der Waals surface area (Å²) in [6.45, 7) is 12.9. The molecule has 0 unspecified atom stereocenters. The Hall–Kier alpha value is -0.980. The Morgan fingerprint density at radius 1 is 1.04 bits per heavy atom. The number of rotatable bonds is 2. The number of nitrogens with zero attached hydrogens (tertiary/aromatic N) is 1. The molecule has 2 aliphatic rings. The summed E-state index contributed by atoms with van der Waals surface area (Å²) in [5.74, 6) is 0. The second-order valence-electron chi connectivity index (χ2n) is 6.13. The molecule has 0 amide bonds. The van der Waals surface area contributed by atoms with E-state index in [0.717, 1.165) is 46.1 Å². The van der Waals surface area contributed by atoms with Gasteiger partial charge in [-0.25, -0.2) is 0 Å². The first kappa shape index (κ1) is 30.7. The van der Waals surface area contributed by atoms with Crippen LogP contribution in [0.15, 0.2) is 30.3 Å². The highest BCUT2D eigenvalue weighted by molar-refractivity contribution is 5.14. The molecule has 0 saturated carbocycles. The summed E-state index contributed by atoms with van der Waals surface area (Å²) in [6, 6.07) is 11.7. The zero-order chi connectivity index (χ0) is 17.6. The molecule has 5 heteroatoms. The molecular weight excluding hydrogens is 340 g/mol. The van der Waals surface area contributed by atoms with Crippen molar-refractivity contribution < 1.29 is 14.6 Å². The lowest BCUT2D eigenvalue weighted by Crippen LogP contribution is -2.42. The molecule has 0 bridgehead atoms. The van der Waals surface area contributed by atoms with Crippen LogP contribution in [0.4, 0.5) is 0 Å². The summed E-state index contributed by atoms with van der Waals surface area (Å²) in [4.78, 5) is 2.47. The highest BCUT2D eigenvalue weighted by Gasteiger charge is 2.18. The van der Waals surface area contributed by atoms with Crippen molar-refractivity contribution in [3.63, 3.8) is 0 Å². The largest absolute Gasteiger partial charge is 0.397 e. The van der Waals surface area contributed by atoms with Crippen molar-refractivity contribution in [1.29, 1.82) is 0 Å². The minimum atomic E-state index is 0. The van der Waals surface area contributed by atoms with Gasteiger partial charge >= 0.3 is 0 Å². The van der Waals surface area contributed by atoms with E-state index in [1.807, 2.05) is 0 Å². The zero-order valence-corrected chi connectivity index (χ0v) is 15.4. The molecule has 0 aromatic heterocycles. The maximum Gasteiger partial charge on any atom is 0.0619 e. The Bertz CT molecular complexity index is 398. The van der Waals surface area contributed by atoms with E-state index in [-0.39, 0.29) is 28.9 Å². The van der Waals surface area contributed by atoms with Gasteiger partial charge in [-0.1, -0.05) is 52.6 Å². The van der Waals surface area contributed by atoms with Crippen molar-refractivity contribution in [2.45, 2.75) is 61.7 Å². The average Bonchev–Trinajstić information content (AvgIpc) is 2.60. The number of hydrogen-bond acceptors (Lipinski definition) is 5. The maximum atomic E-state index is 7.57. The fourth-order valence-electron chi connectivity index (χ4n) is 2.51.